The maximum Gasteiger partial charge on any atom is 0.123 e. The van der Waals surface area contributed by atoms with E-state index in [-0.39, 0.29) is 5.92 Å². The molecule has 0 N–H and O–H groups in total. The Hall–Kier alpha value is -2.18. The van der Waals surface area contributed by atoms with Gasteiger partial charge in [0.1, 0.15) is 11.5 Å². The summed E-state index contributed by atoms with van der Waals surface area (Å²) in [6.07, 6.45) is 0.587. The molecule has 0 saturated carbocycles. The Balaban J connectivity index is 1.99. The molecule has 0 saturated heterocycles. The Labute approximate surface area is 129 Å². The highest BCUT2D eigenvalue weighted by molar-refractivity contribution is 6.30. The molecule has 1 unspecified atom stereocenters. The number of ether oxygens (including phenoxy) is 2. The third kappa shape index (κ3) is 4.14. The molecule has 3 nitrogen and oxygen atoms in total. The summed E-state index contributed by atoms with van der Waals surface area (Å²) < 4.78 is 10.9. The van der Waals surface area contributed by atoms with Crippen LogP contribution in [-0.4, -0.2) is 13.7 Å². The van der Waals surface area contributed by atoms with Gasteiger partial charge in [-0.05, 0) is 24.3 Å². The largest absolute Gasteiger partial charge is 0.496 e. The quantitative estimate of drug-likeness (QED) is 0.793. The molecule has 2 aromatic rings. The first-order chi connectivity index (χ1) is 10.2. The number of nitrogens with zero attached hydrogens (tertiary/aromatic N) is 1. The third-order valence-corrected chi connectivity index (χ3v) is 3.38. The summed E-state index contributed by atoms with van der Waals surface area (Å²) in [6, 6.07) is 17.1. The molecular weight excluding hydrogens is 286 g/mol. The van der Waals surface area contributed by atoms with E-state index in [1.54, 1.807) is 19.2 Å². The Morgan fingerprint density at radius 3 is 2.71 bits per heavy atom. The minimum absolute atomic E-state index is 0.264. The van der Waals surface area contributed by atoms with Gasteiger partial charge in [-0.2, -0.15) is 5.26 Å². The van der Waals surface area contributed by atoms with Crippen molar-refractivity contribution in [2.24, 2.45) is 0 Å². The van der Waals surface area contributed by atoms with Crippen molar-refractivity contribution >= 4 is 11.6 Å². The van der Waals surface area contributed by atoms with Crippen molar-refractivity contribution in [1.82, 2.24) is 0 Å². The summed E-state index contributed by atoms with van der Waals surface area (Å²) in [5, 5.41) is 9.99. The van der Waals surface area contributed by atoms with Crippen molar-refractivity contribution in [1.29, 1.82) is 5.26 Å². The first-order valence-electron chi connectivity index (χ1n) is 6.65. The van der Waals surface area contributed by atoms with Crippen LogP contribution < -0.4 is 9.47 Å². The number of para-hydroxylation sites is 1. The molecule has 108 valence electrons. The molecule has 0 aliphatic heterocycles. The average Bonchev–Trinajstić information content (AvgIpc) is 2.52. The Morgan fingerprint density at radius 2 is 2.00 bits per heavy atom. The number of halogens is 1. The van der Waals surface area contributed by atoms with Gasteiger partial charge < -0.3 is 9.47 Å². The predicted octanol–water partition coefficient (Wildman–Crippen LogP) is 4.42. The van der Waals surface area contributed by atoms with E-state index in [9.17, 15) is 5.26 Å². The molecule has 0 bridgehead atoms. The van der Waals surface area contributed by atoms with E-state index in [0.29, 0.717) is 23.8 Å². The SMILES string of the molecule is COc1ccccc1C(C#N)CCOc1cccc(Cl)c1. The molecule has 0 heterocycles. The first kappa shape index (κ1) is 15.2. The van der Waals surface area contributed by atoms with Gasteiger partial charge in [-0.1, -0.05) is 35.9 Å². The van der Waals surface area contributed by atoms with Gasteiger partial charge in [0.2, 0.25) is 0 Å². The van der Waals surface area contributed by atoms with E-state index < -0.39 is 0 Å². The maximum atomic E-state index is 9.36. The van der Waals surface area contributed by atoms with Gasteiger partial charge in [0.25, 0.3) is 0 Å². The van der Waals surface area contributed by atoms with Crippen LogP contribution in [0.5, 0.6) is 11.5 Å². The molecule has 1 atom stereocenters. The maximum absolute atomic E-state index is 9.36. The second kappa shape index (κ2) is 7.56. The smallest absolute Gasteiger partial charge is 0.123 e. The van der Waals surface area contributed by atoms with Gasteiger partial charge in [-0.3, -0.25) is 0 Å². The summed E-state index contributed by atoms with van der Waals surface area (Å²) in [7, 11) is 1.61. The molecule has 0 aliphatic carbocycles. The van der Waals surface area contributed by atoms with Gasteiger partial charge >= 0.3 is 0 Å². The fourth-order valence-corrected chi connectivity index (χ4v) is 2.28. The average molecular weight is 302 g/mol. The lowest BCUT2D eigenvalue weighted by molar-refractivity contribution is 0.304. The Bertz CT molecular complexity index is 637. The van der Waals surface area contributed by atoms with Gasteiger partial charge in [0.15, 0.2) is 0 Å². The number of rotatable bonds is 6. The number of benzene rings is 2. The number of hydrogen-bond acceptors (Lipinski definition) is 3. The van der Waals surface area contributed by atoms with Crippen LogP contribution in [0.3, 0.4) is 0 Å². The second-order valence-corrected chi connectivity index (χ2v) is 4.95. The molecule has 21 heavy (non-hydrogen) atoms. The van der Waals surface area contributed by atoms with E-state index in [1.165, 1.54) is 0 Å². The van der Waals surface area contributed by atoms with Crippen molar-refractivity contribution in [2.45, 2.75) is 12.3 Å². The fraction of sp³-hybridized carbons (Fsp3) is 0.235. The summed E-state index contributed by atoms with van der Waals surface area (Å²) in [4.78, 5) is 0. The lowest BCUT2D eigenvalue weighted by atomic mass is 9.97. The normalized spacial score (nSPS) is 11.5. The molecule has 2 aromatic carbocycles. The summed E-state index contributed by atoms with van der Waals surface area (Å²) in [5.74, 6) is 1.17. The van der Waals surface area contributed by atoms with Gasteiger partial charge in [-0.15, -0.1) is 0 Å². The number of hydrogen-bond donors (Lipinski definition) is 0. The molecule has 0 aromatic heterocycles. The Kier molecular flexibility index (Phi) is 5.48. The monoisotopic (exact) mass is 301 g/mol. The molecule has 4 heteroatoms. The van der Waals surface area contributed by atoms with Gasteiger partial charge in [0.05, 0.1) is 25.7 Å². The first-order valence-corrected chi connectivity index (χ1v) is 7.03. The molecule has 0 fully saturated rings. The van der Waals surface area contributed by atoms with E-state index in [1.807, 2.05) is 36.4 Å². The van der Waals surface area contributed by atoms with E-state index >= 15 is 0 Å². The molecule has 2 rings (SSSR count). The summed E-state index contributed by atoms with van der Waals surface area (Å²) in [5.41, 5.74) is 0.886. The predicted molar refractivity (Wildman–Crippen MR) is 82.9 cm³/mol. The van der Waals surface area contributed by atoms with Crippen molar-refractivity contribution in [3.05, 3.63) is 59.1 Å². The molecule has 0 radical (unpaired) electrons. The van der Waals surface area contributed by atoms with Crippen LogP contribution >= 0.6 is 11.6 Å². The van der Waals surface area contributed by atoms with E-state index in [2.05, 4.69) is 6.07 Å². The van der Waals surface area contributed by atoms with Crippen molar-refractivity contribution in [3.63, 3.8) is 0 Å². The standard InChI is InChI=1S/C17H16ClNO2/c1-20-17-8-3-2-7-16(17)13(12-19)9-10-21-15-6-4-5-14(18)11-15/h2-8,11,13H,9-10H2,1H3. The highest BCUT2D eigenvalue weighted by Gasteiger charge is 2.15. The van der Waals surface area contributed by atoms with Gasteiger partial charge in [-0.25, -0.2) is 0 Å². The number of nitriles is 1. The lowest BCUT2D eigenvalue weighted by Crippen LogP contribution is -2.06. The van der Waals surface area contributed by atoms with Crippen LogP contribution in [0, 0.1) is 11.3 Å². The van der Waals surface area contributed by atoms with Crippen molar-refractivity contribution in [3.8, 4) is 17.6 Å². The topological polar surface area (TPSA) is 42.2 Å². The third-order valence-electron chi connectivity index (χ3n) is 3.14. The summed E-state index contributed by atoms with van der Waals surface area (Å²) in [6.45, 7) is 0.441. The van der Waals surface area contributed by atoms with Crippen LogP contribution in [-0.2, 0) is 0 Å². The zero-order valence-corrected chi connectivity index (χ0v) is 12.5. The fourth-order valence-electron chi connectivity index (χ4n) is 2.10. The van der Waals surface area contributed by atoms with Crippen LogP contribution in [0.1, 0.15) is 17.9 Å². The van der Waals surface area contributed by atoms with Crippen LogP contribution in [0.4, 0.5) is 0 Å². The lowest BCUT2D eigenvalue weighted by Gasteiger charge is -2.14. The minimum atomic E-state index is -0.264. The molecular formula is C17H16ClNO2. The molecule has 0 amide bonds. The molecule has 0 spiro atoms. The molecule has 0 aliphatic rings. The second-order valence-electron chi connectivity index (χ2n) is 4.52. The highest BCUT2D eigenvalue weighted by atomic mass is 35.5. The van der Waals surface area contributed by atoms with Crippen LogP contribution in [0.2, 0.25) is 5.02 Å². The highest BCUT2D eigenvalue weighted by Crippen LogP contribution is 2.28. The van der Waals surface area contributed by atoms with Gasteiger partial charge in [0, 0.05) is 17.0 Å². The zero-order chi connectivity index (χ0) is 15.1. The van der Waals surface area contributed by atoms with E-state index in [0.717, 1.165) is 11.3 Å². The minimum Gasteiger partial charge on any atom is -0.496 e. The van der Waals surface area contributed by atoms with Crippen LogP contribution in [0.15, 0.2) is 48.5 Å². The Morgan fingerprint density at radius 1 is 1.19 bits per heavy atom. The van der Waals surface area contributed by atoms with Crippen molar-refractivity contribution < 1.29 is 9.47 Å². The zero-order valence-electron chi connectivity index (χ0n) is 11.8. The summed E-state index contributed by atoms with van der Waals surface area (Å²) >= 11 is 5.90. The van der Waals surface area contributed by atoms with E-state index in [4.69, 9.17) is 21.1 Å². The number of methoxy groups -OCH3 is 1. The van der Waals surface area contributed by atoms with Crippen molar-refractivity contribution in [2.75, 3.05) is 13.7 Å². The van der Waals surface area contributed by atoms with Crippen LogP contribution in [0.25, 0.3) is 0 Å².